The summed E-state index contributed by atoms with van der Waals surface area (Å²) in [6.45, 7) is 0. The summed E-state index contributed by atoms with van der Waals surface area (Å²) in [6, 6.07) is 35.4. The summed E-state index contributed by atoms with van der Waals surface area (Å²) in [7, 11) is 0. The first-order valence-corrected chi connectivity index (χ1v) is 13.9. The maximum Gasteiger partial charge on any atom is 0.0737 e. The van der Waals surface area contributed by atoms with Gasteiger partial charge in [-0.3, -0.25) is 4.98 Å². The molecule has 2 aliphatic heterocycles. The van der Waals surface area contributed by atoms with Crippen molar-refractivity contribution in [3.8, 4) is 33.4 Å². The minimum atomic E-state index is 0.875. The predicted molar refractivity (Wildman–Crippen MR) is 173 cm³/mol. The monoisotopic (exact) mass is 539 g/mol. The molecule has 5 nitrogen and oxygen atoms in total. The first-order chi connectivity index (χ1) is 20.8. The van der Waals surface area contributed by atoms with Gasteiger partial charge in [0.25, 0.3) is 0 Å². The van der Waals surface area contributed by atoms with E-state index < -0.39 is 0 Å². The fourth-order valence-electron chi connectivity index (χ4n) is 5.77. The number of aromatic nitrogens is 5. The average Bonchev–Trinajstić information content (AvgIpc) is 3.86. The Morgan fingerprint density at radius 1 is 0.452 bits per heavy atom. The molecular weight excluding hydrogens is 514 g/mol. The molecule has 2 aliphatic rings. The predicted octanol–water partition coefficient (Wildman–Crippen LogP) is 9.05. The molecule has 0 unspecified atom stereocenters. The quantitative estimate of drug-likeness (QED) is 0.235. The van der Waals surface area contributed by atoms with Crippen molar-refractivity contribution < 1.29 is 0 Å². The highest BCUT2D eigenvalue weighted by Gasteiger charge is 2.16. The molecule has 2 N–H and O–H groups in total. The lowest BCUT2D eigenvalue weighted by atomic mass is 10.0. The SMILES string of the molecule is C1=Cc2nc1cc1ccc([nH]1)c(-c1ccccc1)c1nc(c(-c3cccnc3)c3ccc([nH]3)c2-c2ccccc2)C=C1. The first-order valence-electron chi connectivity index (χ1n) is 13.9. The van der Waals surface area contributed by atoms with Crippen LogP contribution in [0.25, 0.3) is 79.8 Å². The third-order valence-electron chi connectivity index (χ3n) is 7.65. The van der Waals surface area contributed by atoms with Crippen LogP contribution in [0.5, 0.6) is 0 Å². The summed E-state index contributed by atoms with van der Waals surface area (Å²) in [4.78, 5) is 22.1. The minimum Gasteiger partial charge on any atom is -0.355 e. The van der Waals surface area contributed by atoms with Crippen LogP contribution >= 0.6 is 0 Å². The second kappa shape index (κ2) is 9.98. The molecule has 0 aliphatic carbocycles. The molecule has 8 bridgehead atoms. The van der Waals surface area contributed by atoms with Gasteiger partial charge in [0, 0.05) is 56.7 Å². The van der Waals surface area contributed by atoms with Crippen molar-refractivity contribution in [1.82, 2.24) is 24.9 Å². The highest BCUT2D eigenvalue weighted by Crippen LogP contribution is 2.35. The van der Waals surface area contributed by atoms with E-state index in [0.717, 1.165) is 78.2 Å². The maximum atomic E-state index is 5.24. The molecule has 198 valence electrons. The molecule has 6 aromatic rings. The van der Waals surface area contributed by atoms with E-state index in [9.17, 15) is 0 Å². The van der Waals surface area contributed by atoms with Gasteiger partial charge in [0.1, 0.15) is 0 Å². The Balaban J connectivity index is 1.54. The summed E-state index contributed by atoms with van der Waals surface area (Å²) in [5.41, 5.74) is 13.8. The molecule has 0 atom stereocenters. The smallest absolute Gasteiger partial charge is 0.0737 e. The Kier molecular flexibility index (Phi) is 5.71. The molecule has 0 fully saturated rings. The lowest BCUT2D eigenvalue weighted by Crippen LogP contribution is -1.88. The van der Waals surface area contributed by atoms with E-state index in [-0.39, 0.29) is 0 Å². The van der Waals surface area contributed by atoms with Crippen LogP contribution < -0.4 is 0 Å². The number of nitrogens with one attached hydrogen (secondary N) is 2. The van der Waals surface area contributed by atoms with Gasteiger partial charge in [0.15, 0.2) is 0 Å². The van der Waals surface area contributed by atoms with Crippen molar-refractivity contribution in [1.29, 1.82) is 0 Å². The van der Waals surface area contributed by atoms with E-state index in [1.807, 2.05) is 24.4 Å². The minimum absolute atomic E-state index is 0.875. The van der Waals surface area contributed by atoms with Crippen molar-refractivity contribution in [2.24, 2.45) is 0 Å². The summed E-state index contributed by atoms with van der Waals surface area (Å²) >= 11 is 0. The van der Waals surface area contributed by atoms with Crippen LogP contribution in [0.4, 0.5) is 0 Å². The third kappa shape index (κ3) is 4.25. The molecule has 6 heterocycles. The number of pyridine rings is 1. The van der Waals surface area contributed by atoms with Crippen molar-refractivity contribution in [2.75, 3.05) is 0 Å². The first kappa shape index (κ1) is 24.0. The van der Waals surface area contributed by atoms with Gasteiger partial charge in [-0.1, -0.05) is 66.7 Å². The van der Waals surface area contributed by atoms with E-state index >= 15 is 0 Å². The molecule has 2 aromatic carbocycles. The van der Waals surface area contributed by atoms with Crippen LogP contribution in [-0.2, 0) is 0 Å². The average molecular weight is 540 g/mol. The van der Waals surface area contributed by atoms with Crippen LogP contribution in [0.15, 0.2) is 116 Å². The van der Waals surface area contributed by atoms with Gasteiger partial charge in [-0.25, -0.2) is 9.97 Å². The summed E-state index contributed by atoms with van der Waals surface area (Å²) < 4.78 is 0. The Morgan fingerprint density at radius 3 is 1.64 bits per heavy atom. The molecule has 0 amide bonds. The van der Waals surface area contributed by atoms with Gasteiger partial charge in [-0.2, -0.15) is 0 Å². The fourth-order valence-corrected chi connectivity index (χ4v) is 5.77. The van der Waals surface area contributed by atoms with Crippen LogP contribution in [0.1, 0.15) is 22.8 Å². The zero-order valence-corrected chi connectivity index (χ0v) is 22.6. The highest BCUT2D eigenvalue weighted by atomic mass is 14.8. The topological polar surface area (TPSA) is 70.2 Å². The Labute approximate surface area is 242 Å². The molecule has 0 radical (unpaired) electrons. The number of fused-ring (bicyclic) bond motifs is 8. The number of rotatable bonds is 3. The number of aromatic amines is 2. The van der Waals surface area contributed by atoms with Crippen LogP contribution in [0.3, 0.4) is 0 Å². The van der Waals surface area contributed by atoms with Gasteiger partial charge in [-0.15, -0.1) is 0 Å². The molecule has 0 saturated carbocycles. The van der Waals surface area contributed by atoms with Crippen LogP contribution in [0, 0.1) is 0 Å². The number of H-pyrrole nitrogens is 2. The molecule has 4 aromatic heterocycles. The Hall–Kier alpha value is -5.81. The maximum absolute atomic E-state index is 5.24. The standard InChI is InChI=1S/C37H25N5/c1-3-8-24(9-4-1)35-29-15-13-27(39-29)22-28-14-16-30(40-28)36(25-10-5-2-6-11-25)32-18-20-34(42-32)37(26-12-7-21-38-23-26)33-19-17-31(35)41-33/h1-23,39,42H. The van der Waals surface area contributed by atoms with E-state index in [1.165, 1.54) is 0 Å². The van der Waals surface area contributed by atoms with Gasteiger partial charge < -0.3 is 9.97 Å². The van der Waals surface area contributed by atoms with Crippen molar-refractivity contribution in [2.45, 2.75) is 0 Å². The molecule has 8 rings (SSSR count). The second-order valence-electron chi connectivity index (χ2n) is 10.3. The van der Waals surface area contributed by atoms with E-state index in [1.54, 1.807) is 6.20 Å². The van der Waals surface area contributed by atoms with Gasteiger partial charge >= 0.3 is 0 Å². The largest absolute Gasteiger partial charge is 0.355 e. The summed E-state index contributed by atoms with van der Waals surface area (Å²) in [5.74, 6) is 0. The Bertz CT molecular complexity index is 2130. The molecule has 5 heteroatoms. The lowest BCUT2D eigenvalue weighted by molar-refractivity contribution is 1.29. The molecule has 42 heavy (non-hydrogen) atoms. The second-order valence-corrected chi connectivity index (χ2v) is 10.3. The van der Waals surface area contributed by atoms with Gasteiger partial charge in [0.05, 0.1) is 22.8 Å². The normalized spacial score (nSPS) is 12.1. The van der Waals surface area contributed by atoms with Gasteiger partial charge in [-0.05, 0) is 71.8 Å². The van der Waals surface area contributed by atoms with Crippen molar-refractivity contribution >= 4 is 46.4 Å². The van der Waals surface area contributed by atoms with Crippen LogP contribution in [0.2, 0.25) is 0 Å². The summed E-state index contributed by atoms with van der Waals surface area (Å²) in [6.07, 6.45) is 12.1. The zero-order valence-electron chi connectivity index (χ0n) is 22.6. The number of hydrogen-bond acceptors (Lipinski definition) is 3. The summed E-state index contributed by atoms with van der Waals surface area (Å²) in [5, 5.41) is 0. The number of hydrogen-bond donors (Lipinski definition) is 2. The third-order valence-corrected chi connectivity index (χ3v) is 7.65. The molecule has 0 saturated heterocycles. The van der Waals surface area contributed by atoms with Crippen LogP contribution in [-0.4, -0.2) is 24.9 Å². The number of benzene rings is 2. The zero-order chi connectivity index (χ0) is 27.9. The van der Waals surface area contributed by atoms with E-state index in [4.69, 9.17) is 9.97 Å². The fraction of sp³-hybridized carbons (Fsp3) is 0. The Morgan fingerprint density at radius 2 is 1.00 bits per heavy atom. The molecule has 0 spiro atoms. The highest BCUT2D eigenvalue weighted by molar-refractivity contribution is 5.97. The van der Waals surface area contributed by atoms with E-state index in [0.29, 0.717) is 0 Å². The number of nitrogens with zero attached hydrogens (tertiary/aromatic N) is 3. The lowest BCUT2D eigenvalue weighted by Gasteiger charge is -2.05. The van der Waals surface area contributed by atoms with Crippen molar-refractivity contribution in [3.63, 3.8) is 0 Å². The van der Waals surface area contributed by atoms with Crippen molar-refractivity contribution in [3.05, 3.63) is 138 Å². The van der Waals surface area contributed by atoms with E-state index in [2.05, 4.69) is 124 Å². The van der Waals surface area contributed by atoms with Gasteiger partial charge in [0.2, 0.25) is 0 Å². The molecular formula is C37H25N5.